The first-order valence-corrected chi connectivity index (χ1v) is 5.10. The number of carbonyl (C=O) groups excluding carboxylic acids is 1. The molecule has 1 rings (SSSR count). The second-order valence-electron chi connectivity index (χ2n) is 3.16. The van der Waals surface area contributed by atoms with Crippen molar-refractivity contribution in [1.29, 1.82) is 0 Å². The molecular formula is C11H11ClF2O2. The monoisotopic (exact) mass is 248 g/mol. The van der Waals surface area contributed by atoms with Crippen molar-refractivity contribution in [3.8, 4) is 5.75 Å². The fourth-order valence-corrected chi connectivity index (χ4v) is 1.59. The third-order valence-electron chi connectivity index (χ3n) is 2.01. The molecule has 0 aliphatic rings. The van der Waals surface area contributed by atoms with Crippen LogP contribution in [-0.2, 0) is 0 Å². The highest BCUT2D eigenvalue weighted by atomic mass is 35.5. The van der Waals surface area contributed by atoms with Crippen LogP contribution in [0, 0.1) is 0 Å². The molecule has 0 N–H and O–H groups in total. The Labute approximate surface area is 97.2 Å². The fraction of sp³-hybridized carbons (Fsp3) is 0.364. The molecule has 0 radical (unpaired) electrons. The Hall–Kier alpha value is -1.16. The Kier molecular flexibility index (Phi) is 4.24. The fourth-order valence-electron chi connectivity index (χ4n) is 1.29. The lowest BCUT2D eigenvalue weighted by atomic mass is 10.1. The molecule has 0 atom stereocenters. The first-order valence-electron chi connectivity index (χ1n) is 4.72. The lowest BCUT2D eigenvalue weighted by molar-refractivity contribution is 0.101. The summed E-state index contributed by atoms with van der Waals surface area (Å²) in [5.41, 5.74) is -0.105. The van der Waals surface area contributed by atoms with E-state index in [0.29, 0.717) is 0 Å². The van der Waals surface area contributed by atoms with Gasteiger partial charge in [-0.15, -0.1) is 0 Å². The van der Waals surface area contributed by atoms with Crippen LogP contribution in [0.2, 0.25) is 5.02 Å². The highest BCUT2D eigenvalue weighted by Crippen LogP contribution is 2.34. The summed E-state index contributed by atoms with van der Waals surface area (Å²) in [6, 6.07) is 2.34. The summed E-state index contributed by atoms with van der Waals surface area (Å²) in [5, 5.41) is 0.0197. The molecule has 0 saturated carbocycles. The van der Waals surface area contributed by atoms with Gasteiger partial charge in [0, 0.05) is 5.56 Å². The summed E-state index contributed by atoms with van der Waals surface area (Å²) in [6.45, 7) is 3.25. The normalized spacial score (nSPS) is 10.6. The molecule has 0 saturated heterocycles. The summed E-state index contributed by atoms with van der Waals surface area (Å²) in [7, 11) is 0. The van der Waals surface area contributed by atoms with Crippen molar-refractivity contribution >= 4 is 17.4 Å². The smallest absolute Gasteiger partial charge is 0.267 e. The van der Waals surface area contributed by atoms with Crippen LogP contribution < -0.4 is 4.74 Å². The highest BCUT2D eigenvalue weighted by Gasteiger charge is 2.18. The summed E-state index contributed by atoms with van der Waals surface area (Å²) < 4.78 is 30.3. The SMILES string of the molecule is CCOc1cc(C(C)=O)c(Cl)cc1C(F)F. The van der Waals surface area contributed by atoms with Crippen LogP contribution in [0.3, 0.4) is 0 Å². The summed E-state index contributed by atoms with van der Waals surface area (Å²) >= 11 is 5.73. The minimum Gasteiger partial charge on any atom is -0.493 e. The maximum atomic E-state index is 12.6. The predicted octanol–water partition coefficient (Wildman–Crippen LogP) is 3.88. The summed E-state index contributed by atoms with van der Waals surface area (Å²) in [5.74, 6) is -0.279. The first-order chi connectivity index (χ1) is 7.47. The molecule has 0 aromatic heterocycles. The number of benzene rings is 1. The summed E-state index contributed by atoms with van der Waals surface area (Å²) in [4.78, 5) is 11.2. The molecule has 1 aromatic carbocycles. The van der Waals surface area contributed by atoms with Crippen molar-refractivity contribution in [2.24, 2.45) is 0 Å². The second kappa shape index (κ2) is 5.25. The van der Waals surface area contributed by atoms with E-state index in [2.05, 4.69) is 0 Å². The Morgan fingerprint density at radius 1 is 1.50 bits per heavy atom. The molecule has 16 heavy (non-hydrogen) atoms. The van der Waals surface area contributed by atoms with E-state index in [1.807, 2.05) is 0 Å². The number of alkyl halides is 2. The average molecular weight is 249 g/mol. The van der Waals surface area contributed by atoms with E-state index in [-0.39, 0.29) is 34.3 Å². The minimum absolute atomic E-state index is 0.00657. The van der Waals surface area contributed by atoms with Crippen molar-refractivity contribution < 1.29 is 18.3 Å². The van der Waals surface area contributed by atoms with Gasteiger partial charge in [-0.2, -0.15) is 0 Å². The van der Waals surface area contributed by atoms with Crippen LogP contribution in [0.15, 0.2) is 12.1 Å². The van der Waals surface area contributed by atoms with E-state index >= 15 is 0 Å². The van der Waals surface area contributed by atoms with Gasteiger partial charge in [-0.1, -0.05) is 11.6 Å². The predicted molar refractivity (Wildman–Crippen MR) is 57.6 cm³/mol. The van der Waals surface area contributed by atoms with Gasteiger partial charge >= 0.3 is 0 Å². The Morgan fingerprint density at radius 2 is 2.12 bits per heavy atom. The Morgan fingerprint density at radius 3 is 2.56 bits per heavy atom. The number of hydrogen-bond donors (Lipinski definition) is 0. The number of rotatable bonds is 4. The van der Waals surface area contributed by atoms with Crippen LogP contribution in [0.5, 0.6) is 5.75 Å². The Balaban J connectivity index is 3.31. The van der Waals surface area contributed by atoms with Gasteiger partial charge in [-0.05, 0) is 26.0 Å². The van der Waals surface area contributed by atoms with Gasteiger partial charge in [0.25, 0.3) is 6.43 Å². The number of halogens is 3. The number of hydrogen-bond acceptors (Lipinski definition) is 2. The second-order valence-corrected chi connectivity index (χ2v) is 3.57. The molecule has 1 aromatic rings. The van der Waals surface area contributed by atoms with Crippen molar-refractivity contribution in [3.05, 3.63) is 28.3 Å². The molecule has 2 nitrogen and oxygen atoms in total. The van der Waals surface area contributed by atoms with Crippen LogP contribution in [0.25, 0.3) is 0 Å². The van der Waals surface area contributed by atoms with Crippen molar-refractivity contribution in [2.75, 3.05) is 6.61 Å². The molecule has 0 unspecified atom stereocenters. The number of Topliss-reactive ketones (excluding diaryl/α,β-unsaturated/α-hetero) is 1. The standard InChI is InChI=1S/C11H11ClF2O2/c1-3-16-10-5-7(6(2)15)9(12)4-8(10)11(13)14/h4-5,11H,3H2,1-2H3. The van der Waals surface area contributed by atoms with Crippen molar-refractivity contribution in [1.82, 2.24) is 0 Å². The van der Waals surface area contributed by atoms with Crippen molar-refractivity contribution in [2.45, 2.75) is 20.3 Å². The topological polar surface area (TPSA) is 26.3 Å². The molecule has 0 heterocycles. The van der Waals surface area contributed by atoms with Crippen LogP contribution in [0.1, 0.15) is 36.2 Å². The van der Waals surface area contributed by atoms with Crippen LogP contribution in [-0.4, -0.2) is 12.4 Å². The molecule has 0 aliphatic carbocycles. The van der Waals surface area contributed by atoms with Gasteiger partial charge in [-0.25, -0.2) is 8.78 Å². The number of carbonyl (C=O) groups is 1. The zero-order valence-electron chi connectivity index (χ0n) is 8.89. The van der Waals surface area contributed by atoms with E-state index in [4.69, 9.17) is 16.3 Å². The van der Waals surface area contributed by atoms with Gasteiger partial charge < -0.3 is 4.74 Å². The third kappa shape index (κ3) is 2.70. The maximum absolute atomic E-state index is 12.6. The first kappa shape index (κ1) is 12.9. The lowest BCUT2D eigenvalue weighted by Gasteiger charge is -2.12. The Bertz CT molecular complexity index is 405. The largest absolute Gasteiger partial charge is 0.493 e. The molecule has 0 amide bonds. The van der Waals surface area contributed by atoms with Gasteiger partial charge in [-0.3, -0.25) is 4.79 Å². The maximum Gasteiger partial charge on any atom is 0.267 e. The van der Waals surface area contributed by atoms with Gasteiger partial charge in [0.1, 0.15) is 5.75 Å². The van der Waals surface area contributed by atoms with E-state index in [0.717, 1.165) is 6.07 Å². The van der Waals surface area contributed by atoms with E-state index in [9.17, 15) is 13.6 Å². The number of ether oxygens (including phenoxy) is 1. The minimum atomic E-state index is -2.68. The molecule has 0 spiro atoms. The molecule has 0 fully saturated rings. The van der Waals surface area contributed by atoms with E-state index in [1.54, 1.807) is 6.92 Å². The molecule has 88 valence electrons. The summed E-state index contributed by atoms with van der Waals surface area (Å²) in [6.07, 6.45) is -2.68. The molecule has 5 heteroatoms. The zero-order chi connectivity index (χ0) is 12.3. The zero-order valence-corrected chi connectivity index (χ0v) is 9.65. The van der Waals surface area contributed by atoms with E-state index in [1.165, 1.54) is 13.0 Å². The third-order valence-corrected chi connectivity index (χ3v) is 2.33. The van der Waals surface area contributed by atoms with Gasteiger partial charge in [0.05, 0.1) is 17.2 Å². The quantitative estimate of drug-likeness (QED) is 0.756. The molecular weight excluding hydrogens is 238 g/mol. The van der Waals surface area contributed by atoms with Crippen molar-refractivity contribution in [3.63, 3.8) is 0 Å². The van der Waals surface area contributed by atoms with Crippen LogP contribution in [0.4, 0.5) is 8.78 Å². The molecule has 0 aliphatic heterocycles. The van der Waals surface area contributed by atoms with Gasteiger partial charge in [0.15, 0.2) is 5.78 Å². The lowest BCUT2D eigenvalue weighted by Crippen LogP contribution is -2.01. The van der Waals surface area contributed by atoms with Gasteiger partial charge in [0.2, 0.25) is 0 Å². The number of ketones is 1. The van der Waals surface area contributed by atoms with Crippen LogP contribution >= 0.6 is 11.6 Å². The highest BCUT2D eigenvalue weighted by molar-refractivity contribution is 6.34. The van der Waals surface area contributed by atoms with E-state index < -0.39 is 6.43 Å². The average Bonchev–Trinajstić information content (AvgIpc) is 2.19. The molecule has 0 bridgehead atoms.